The maximum Gasteiger partial charge on any atom is 0.408 e. The Morgan fingerprint density at radius 2 is 1.85 bits per heavy atom. The van der Waals surface area contributed by atoms with E-state index in [9.17, 15) is 14.4 Å². The molecule has 0 bridgehead atoms. The number of carbonyl (C=O) groups excluding carboxylic acids is 2. The number of nitrogens with zero attached hydrogens (tertiary/aromatic N) is 2. The van der Waals surface area contributed by atoms with Crippen LogP contribution in [0.25, 0.3) is 0 Å². The predicted octanol–water partition coefficient (Wildman–Crippen LogP) is -0.645. The van der Waals surface area contributed by atoms with Gasteiger partial charge >= 0.3 is 6.09 Å². The molecule has 1 aliphatic heterocycles. The first kappa shape index (κ1) is 9.50. The highest BCUT2D eigenvalue weighted by Crippen LogP contribution is 2.04. The van der Waals surface area contributed by atoms with Gasteiger partial charge in [0.15, 0.2) is 0 Å². The zero-order valence-corrected chi connectivity index (χ0v) is 7.19. The Labute approximate surface area is 74.7 Å². The standard InChI is InChI=1S/C7H10N2O4/c1-2-9-5(10)3-8(7(12)13)4-6(9)11/h2-4H2,1H3,(H,12,13). The lowest BCUT2D eigenvalue weighted by Crippen LogP contribution is -2.55. The summed E-state index contributed by atoms with van der Waals surface area (Å²) in [5.74, 6) is -0.915. The van der Waals surface area contributed by atoms with Gasteiger partial charge in [-0.25, -0.2) is 4.79 Å². The molecule has 6 nitrogen and oxygen atoms in total. The van der Waals surface area contributed by atoms with E-state index in [1.165, 1.54) is 0 Å². The molecular weight excluding hydrogens is 176 g/mol. The lowest BCUT2D eigenvalue weighted by atomic mass is 10.3. The molecule has 1 aliphatic rings. The molecule has 3 amide bonds. The van der Waals surface area contributed by atoms with Crippen LogP contribution in [-0.2, 0) is 9.59 Å². The molecule has 0 radical (unpaired) electrons. The molecule has 1 fully saturated rings. The Bertz CT molecular complexity index is 245. The van der Waals surface area contributed by atoms with E-state index in [0.717, 1.165) is 9.80 Å². The minimum atomic E-state index is -1.24. The molecule has 0 unspecified atom stereocenters. The first-order chi connectivity index (χ1) is 6.06. The molecule has 1 N–H and O–H groups in total. The third-order valence-corrected chi connectivity index (χ3v) is 1.84. The number of hydrogen-bond acceptors (Lipinski definition) is 3. The van der Waals surface area contributed by atoms with E-state index in [-0.39, 0.29) is 13.1 Å². The minimum Gasteiger partial charge on any atom is -0.465 e. The summed E-state index contributed by atoms with van der Waals surface area (Å²) in [4.78, 5) is 34.6. The first-order valence-electron chi connectivity index (χ1n) is 3.87. The van der Waals surface area contributed by atoms with Crippen molar-refractivity contribution in [3.63, 3.8) is 0 Å². The summed E-state index contributed by atoms with van der Waals surface area (Å²) in [5, 5.41) is 8.54. The molecule has 72 valence electrons. The summed E-state index contributed by atoms with van der Waals surface area (Å²) in [7, 11) is 0. The molecule has 0 aromatic rings. The summed E-state index contributed by atoms with van der Waals surface area (Å²) in [6, 6.07) is 0. The summed E-state index contributed by atoms with van der Waals surface area (Å²) < 4.78 is 0. The van der Waals surface area contributed by atoms with Crippen molar-refractivity contribution in [2.75, 3.05) is 19.6 Å². The van der Waals surface area contributed by atoms with Crippen molar-refractivity contribution in [1.29, 1.82) is 0 Å². The molecule has 0 atom stereocenters. The van der Waals surface area contributed by atoms with Gasteiger partial charge < -0.3 is 5.11 Å². The highest BCUT2D eigenvalue weighted by Gasteiger charge is 2.31. The number of rotatable bonds is 1. The van der Waals surface area contributed by atoms with Crippen LogP contribution in [0.15, 0.2) is 0 Å². The van der Waals surface area contributed by atoms with Crippen molar-refractivity contribution >= 4 is 17.9 Å². The van der Waals surface area contributed by atoms with Crippen molar-refractivity contribution in [3.8, 4) is 0 Å². The number of carbonyl (C=O) groups is 3. The zero-order valence-electron chi connectivity index (χ0n) is 7.19. The van der Waals surface area contributed by atoms with Crippen molar-refractivity contribution < 1.29 is 19.5 Å². The normalized spacial score (nSPS) is 17.9. The highest BCUT2D eigenvalue weighted by atomic mass is 16.4. The van der Waals surface area contributed by atoms with E-state index in [4.69, 9.17) is 5.11 Å². The number of piperazine rings is 1. The maximum absolute atomic E-state index is 11.2. The van der Waals surface area contributed by atoms with Gasteiger partial charge in [0.25, 0.3) is 0 Å². The maximum atomic E-state index is 11.2. The third kappa shape index (κ3) is 1.77. The van der Waals surface area contributed by atoms with E-state index in [1.807, 2.05) is 0 Å². The van der Waals surface area contributed by atoms with Crippen LogP contribution >= 0.6 is 0 Å². The van der Waals surface area contributed by atoms with Crippen molar-refractivity contribution in [3.05, 3.63) is 0 Å². The van der Waals surface area contributed by atoms with E-state index < -0.39 is 17.9 Å². The summed E-state index contributed by atoms with van der Waals surface area (Å²) in [5.41, 5.74) is 0. The average Bonchev–Trinajstić information content (AvgIpc) is 2.03. The Kier molecular flexibility index (Phi) is 2.50. The smallest absolute Gasteiger partial charge is 0.408 e. The van der Waals surface area contributed by atoms with Crippen LogP contribution in [0.4, 0.5) is 4.79 Å². The summed E-state index contributed by atoms with van der Waals surface area (Å²) in [6.45, 7) is 1.52. The lowest BCUT2D eigenvalue weighted by Gasteiger charge is -2.29. The van der Waals surface area contributed by atoms with Crippen LogP contribution in [-0.4, -0.2) is 52.4 Å². The van der Waals surface area contributed by atoms with E-state index in [0.29, 0.717) is 6.54 Å². The molecule has 0 aromatic carbocycles. The van der Waals surface area contributed by atoms with Gasteiger partial charge in [-0.05, 0) is 6.92 Å². The Morgan fingerprint density at radius 3 is 2.15 bits per heavy atom. The fourth-order valence-electron chi connectivity index (χ4n) is 1.18. The topological polar surface area (TPSA) is 77.9 Å². The fraction of sp³-hybridized carbons (Fsp3) is 0.571. The minimum absolute atomic E-state index is 0.227. The van der Waals surface area contributed by atoms with Crippen LogP contribution < -0.4 is 0 Å². The van der Waals surface area contributed by atoms with Gasteiger partial charge in [0, 0.05) is 6.54 Å². The molecule has 1 heterocycles. The number of imide groups is 1. The first-order valence-corrected chi connectivity index (χ1v) is 3.87. The number of carboxylic acid groups (broad SMARTS) is 1. The molecule has 0 aromatic heterocycles. The van der Waals surface area contributed by atoms with Crippen LogP contribution in [0.3, 0.4) is 0 Å². The van der Waals surface area contributed by atoms with E-state index >= 15 is 0 Å². The van der Waals surface area contributed by atoms with E-state index in [2.05, 4.69) is 0 Å². The van der Waals surface area contributed by atoms with E-state index in [1.54, 1.807) is 6.92 Å². The Morgan fingerprint density at radius 1 is 1.38 bits per heavy atom. The monoisotopic (exact) mass is 186 g/mol. The SMILES string of the molecule is CCN1C(=O)CN(C(=O)O)CC1=O. The largest absolute Gasteiger partial charge is 0.465 e. The number of hydrogen-bond donors (Lipinski definition) is 1. The number of amides is 3. The van der Waals surface area contributed by atoms with Gasteiger partial charge in [0.1, 0.15) is 13.1 Å². The van der Waals surface area contributed by atoms with Gasteiger partial charge in [0.05, 0.1) is 0 Å². The van der Waals surface area contributed by atoms with Crippen molar-refractivity contribution in [2.45, 2.75) is 6.92 Å². The van der Waals surface area contributed by atoms with Gasteiger partial charge in [0.2, 0.25) is 11.8 Å². The molecule has 13 heavy (non-hydrogen) atoms. The van der Waals surface area contributed by atoms with Crippen molar-refractivity contribution in [1.82, 2.24) is 9.80 Å². The zero-order chi connectivity index (χ0) is 10.0. The quantitative estimate of drug-likeness (QED) is 0.552. The average molecular weight is 186 g/mol. The second kappa shape index (κ2) is 3.42. The Balaban J connectivity index is 2.73. The van der Waals surface area contributed by atoms with Crippen LogP contribution in [0.1, 0.15) is 6.92 Å². The molecular formula is C7H10N2O4. The second-order valence-corrected chi connectivity index (χ2v) is 2.67. The molecule has 0 aliphatic carbocycles. The molecule has 0 saturated carbocycles. The third-order valence-electron chi connectivity index (χ3n) is 1.84. The molecule has 6 heteroatoms. The number of likely N-dealkylation sites (N-methyl/N-ethyl adjacent to an activating group) is 1. The molecule has 1 rings (SSSR count). The van der Waals surface area contributed by atoms with Gasteiger partial charge in [-0.15, -0.1) is 0 Å². The highest BCUT2D eigenvalue weighted by molar-refractivity contribution is 6.01. The summed E-state index contributed by atoms with van der Waals surface area (Å²) >= 11 is 0. The van der Waals surface area contributed by atoms with Crippen LogP contribution in [0.5, 0.6) is 0 Å². The predicted molar refractivity (Wildman–Crippen MR) is 42.0 cm³/mol. The van der Waals surface area contributed by atoms with Crippen LogP contribution in [0.2, 0.25) is 0 Å². The van der Waals surface area contributed by atoms with Gasteiger partial charge in [-0.3, -0.25) is 19.4 Å². The van der Waals surface area contributed by atoms with Crippen molar-refractivity contribution in [2.24, 2.45) is 0 Å². The second-order valence-electron chi connectivity index (χ2n) is 2.67. The van der Waals surface area contributed by atoms with Crippen LogP contribution in [0, 0.1) is 0 Å². The van der Waals surface area contributed by atoms with Gasteiger partial charge in [-0.2, -0.15) is 0 Å². The lowest BCUT2D eigenvalue weighted by molar-refractivity contribution is -0.150. The fourth-order valence-corrected chi connectivity index (χ4v) is 1.18. The molecule has 1 saturated heterocycles. The molecule has 0 spiro atoms. The van der Waals surface area contributed by atoms with Gasteiger partial charge in [-0.1, -0.05) is 0 Å². The summed E-state index contributed by atoms with van der Waals surface area (Å²) in [6.07, 6.45) is -1.24. The Hall–Kier alpha value is -1.59.